The summed E-state index contributed by atoms with van der Waals surface area (Å²) in [6, 6.07) is 1.75. The number of nitrogens with two attached hydrogens (primary N) is 1. The quantitative estimate of drug-likeness (QED) is 0.936. The molecule has 0 fully saturated rings. The molecule has 102 valence electrons. The van der Waals surface area contributed by atoms with E-state index in [2.05, 4.69) is 20.9 Å². The third-order valence-electron chi connectivity index (χ3n) is 3.01. The predicted molar refractivity (Wildman–Crippen MR) is 72.5 cm³/mol. The Kier molecular flexibility index (Phi) is 4.31. The molecule has 0 aliphatic carbocycles. The molecule has 2 aromatic rings. The van der Waals surface area contributed by atoms with E-state index in [0.717, 1.165) is 5.82 Å². The Balaban J connectivity index is 2.12. The summed E-state index contributed by atoms with van der Waals surface area (Å²) in [5, 5.41) is 0. The standard InChI is InChI=1S/C13H14BrF2N3/c1-19-5-4-18-12(19)3-2-11(17)13-9(15)6-8(14)7-10(13)16/h4-7,11H,2-3,17H2,1H3. The van der Waals surface area contributed by atoms with Gasteiger partial charge in [0, 0.05) is 41.9 Å². The van der Waals surface area contributed by atoms with Gasteiger partial charge in [0.25, 0.3) is 0 Å². The summed E-state index contributed by atoms with van der Waals surface area (Å²) >= 11 is 3.04. The minimum absolute atomic E-state index is 0.0718. The van der Waals surface area contributed by atoms with Gasteiger partial charge in [-0.15, -0.1) is 0 Å². The summed E-state index contributed by atoms with van der Waals surface area (Å²) in [6.07, 6.45) is 4.50. The van der Waals surface area contributed by atoms with Gasteiger partial charge >= 0.3 is 0 Å². The first-order valence-electron chi connectivity index (χ1n) is 5.85. The number of aromatic nitrogens is 2. The maximum atomic E-state index is 13.7. The average molecular weight is 330 g/mol. The highest BCUT2D eigenvalue weighted by molar-refractivity contribution is 9.10. The van der Waals surface area contributed by atoms with Gasteiger partial charge in [-0.25, -0.2) is 13.8 Å². The summed E-state index contributed by atoms with van der Waals surface area (Å²) < 4.78 is 29.7. The molecule has 0 spiro atoms. The van der Waals surface area contributed by atoms with Crippen molar-refractivity contribution in [3.8, 4) is 0 Å². The lowest BCUT2D eigenvalue weighted by atomic mass is 10.0. The molecule has 1 aromatic carbocycles. The molecule has 1 heterocycles. The molecule has 1 unspecified atom stereocenters. The molecular formula is C13H14BrF2N3. The van der Waals surface area contributed by atoms with Crippen molar-refractivity contribution >= 4 is 15.9 Å². The van der Waals surface area contributed by atoms with Crippen LogP contribution in [0.3, 0.4) is 0 Å². The third-order valence-corrected chi connectivity index (χ3v) is 3.47. The summed E-state index contributed by atoms with van der Waals surface area (Å²) in [6.45, 7) is 0. The van der Waals surface area contributed by atoms with E-state index in [0.29, 0.717) is 17.3 Å². The largest absolute Gasteiger partial charge is 0.338 e. The predicted octanol–water partition coefficient (Wildman–Crippen LogP) is 3.09. The van der Waals surface area contributed by atoms with Crippen molar-refractivity contribution in [3.05, 3.63) is 52.0 Å². The molecule has 0 saturated carbocycles. The maximum absolute atomic E-state index is 13.7. The number of aryl methyl sites for hydroxylation is 2. The van der Waals surface area contributed by atoms with Crippen molar-refractivity contribution in [2.24, 2.45) is 12.8 Å². The molecule has 0 bridgehead atoms. The van der Waals surface area contributed by atoms with Crippen molar-refractivity contribution in [1.82, 2.24) is 9.55 Å². The van der Waals surface area contributed by atoms with Gasteiger partial charge in [0.1, 0.15) is 17.5 Å². The molecule has 0 radical (unpaired) electrons. The number of hydrogen-bond acceptors (Lipinski definition) is 2. The topological polar surface area (TPSA) is 43.8 Å². The lowest BCUT2D eigenvalue weighted by Crippen LogP contribution is -2.16. The first-order chi connectivity index (χ1) is 8.99. The lowest BCUT2D eigenvalue weighted by molar-refractivity contribution is 0.507. The first-order valence-corrected chi connectivity index (χ1v) is 6.64. The molecule has 2 rings (SSSR count). The van der Waals surface area contributed by atoms with Gasteiger partial charge in [-0.05, 0) is 18.6 Å². The second-order valence-electron chi connectivity index (χ2n) is 4.38. The Hall–Kier alpha value is -1.27. The molecule has 0 amide bonds. The number of imidazole rings is 1. The number of hydrogen-bond donors (Lipinski definition) is 1. The highest BCUT2D eigenvalue weighted by Gasteiger charge is 2.18. The fourth-order valence-corrected chi connectivity index (χ4v) is 2.38. The second kappa shape index (κ2) is 5.79. The van der Waals surface area contributed by atoms with Crippen molar-refractivity contribution in [2.75, 3.05) is 0 Å². The van der Waals surface area contributed by atoms with Gasteiger partial charge in [0.05, 0.1) is 0 Å². The van der Waals surface area contributed by atoms with Crippen LogP contribution in [0.2, 0.25) is 0 Å². The number of rotatable bonds is 4. The van der Waals surface area contributed by atoms with Gasteiger partial charge < -0.3 is 10.3 Å². The van der Waals surface area contributed by atoms with E-state index in [4.69, 9.17) is 5.73 Å². The molecule has 19 heavy (non-hydrogen) atoms. The fourth-order valence-electron chi connectivity index (χ4n) is 1.97. The SMILES string of the molecule is Cn1ccnc1CCC(N)c1c(F)cc(Br)cc1F. The van der Waals surface area contributed by atoms with E-state index < -0.39 is 17.7 Å². The first kappa shape index (κ1) is 14.1. The van der Waals surface area contributed by atoms with Crippen LogP contribution in [0.25, 0.3) is 0 Å². The van der Waals surface area contributed by atoms with E-state index in [1.165, 1.54) is 12.1 Å². The lowest BCUT2D eigenvalue weighted by Gasteiger charge is -2.14. The zero-order chi connectivity index (χ0) is 14.0. The van der Waals surface area contributed by atoms with Crippen molar-refractivity contribution in [2.45, 2.75) is 18.9 Å². The number of halogens is 3. The molecule has 0 aliphatic heterocycles. The van der Waals surface area contributed by atoms with Crippen LogP contribution in [0.4, 0.5) is 8.78 Å². The number of nitrogens with zero attached hydrogens (tertiary/aromatic N) is 2. The average Bonchev–Trinajstić information content (AvgIpc) is 2.70. The zero-order valence-electron chi connectivity index (χ0n) is 10.4. The third kappa shape index (κ3) is 3.19. The fraction of sp³-hybridized carbons (Fsp3) is 0.308. The van der Waals surface area contributed by atoms with Gasteiger partial charge in [-0.3, -0.25) is 0 Å². The molecule has 6 heteroatoms. The summed E-state index contributed by atoms with van der Waals surface area (Å²) in [7, 11) is 1.87. The van der Waals surface area contributed by atoms with Gasteiger partial charge in [-0.2, -0.15) is 0 Å². The molecule has 2 N–H and O–H groups in total. The van der Waals surface area contributed by atoms with Crippen LogP contribution in [-0.4, -0.2) is 9.55 Å². The van der Waals surface area contributed by atoms with Gasteiger partial charge in [0.2, 0.25) is 0 Å². The Morgan fingerprint density at radius 1 is 1.37 bits per heavy atom. The minimum atomic E-state index is -0.690. The van der Waals surface area contributed by atoms with Gasteiger partial charge in [-0.1, -0.05) is 15.9 Å². The molecule has 0 saturated heterocycles. The van der Waals surface area contributed by atoms with E-state index in [1.54, 1.807) is 6.20 Å². The molecule has 0 aliphatic rings. The van der Waals surface area contributed by atoms with Crippen molar-refractivity contribution < 1.29 is 8.78 Å². The molecule has 1 atom stereocenters. The summed E-state index contributed by atoms with van der Waals surface area (Å²) in [5.74, 6) is -0.410. The van der Waals surface area contributed by atoms with Crippen LogP contribution in [0.1, 0.15) is 23.9 Å². The highest BCUT2D eigenvalue weighted by atomic mass is 79.9. The maximum Gasteiger partial charge on any atom is 0.132 e. The summed E-state index contributed by atoms with van der Waals surface area (Å²) in [5.41, 5.74) is 5.81. The van der Waals surface area contributed by atoms with Crippen LogP contribution in [-0.2, 0) is 13.5 Å². The second-order valence-corrected chi connectivity index (χ2v) is 5.30. The van der Waals surface area contributed by atoms with E-state index >= 15 is 0 Å². The van der Waals surface area contributed by atoms with Crippen molar-refractivity contribution in [1.29, 1.82) is 0 Å². The monoisotopic (exact) mass is 329 g/mol. The van der Waals surface area contributed by atoms with Crippen LogP contribution in [0, 0.1) is 11.6 Å². The summed E-state index contributed by atoms with van der Waals surface area (Å²) in [4.78, 5) is 4.15. The Bertz CT molecular complexity index is 560. The van der Waals surface area contributed by atoms with Crippen LogP contribution in [0.15, 0.2) is 29.0 Å². The Morgan fingerprint density at radius 2 is 2.00 bits per heavy atom. The Labute approximate surface area is 118 Å². The van der Waals surface area contributed by atoms with Crippen LogP contribution < -0.4 is 5.73 Å². The van der Waals surface area contributed by atoms with E-state index in [9.17, 15) is 8.78 Å². The Morgan fingerprint density at radius 3 is 2.53 bits per heavy atom. The zero-order valence-corrected chi connectivity index (χ0v) is 12.0. The van der Waals surface area contributed by atoms with E-state index in [-0.39, 0.29) is 5.56 Å². The molecular weight excluding hydrogens is 316 g/mol. The van der Waals surface area contributed by atoms with Crippen molar-refractivity contribution in [3.63, 3.8) is 0 Å². The smallest absolute Gasteiger partial charge is 0.132 e. The minimum Gasteiger partial charge on any atom is -0.338 e. The number of benzene rings is 1. The van der Waals surface area contributed by atoms with Crippen LogP contribution in [0.5, 0.6) is 0 Å². The highest BCUT2D eigenvalue weighted by Crippen LogP contribution is 2.26. The van der Waals surface area contributed by atoms with Crippen LogP contribution >= 0.6 is 15.9 Å². The van der Waals surface area contributed by atoms with Gasteiger partial charge in [0.15, 0.2) is 0 Å². The molecule has 1 aromatic heterocycles. The normalized spacial score (nSPS) is 12.7. The molecule has 3 nitrogen and oxygen atoms in total. The van der Waals surface area contributed by atoms with E-state index in [1.807, 2.05) is 17.8 Å².